The van der Waals surface area contributed by atoms with Gasteiger partial charge in [0, 0.05) is 13.1 Å². The van der Waals surface area contributed by atoms with Gasteiger partial charge in [-0.1, -0.05) is 37.3 Å². The summed E-state index contributed by atoms with van der Waals surface area (Å²) in [6.45, 7) is 3.68. The molecule has 1 N–H and O–H groups in total. The van der Waals surface area contributed by atoms with Crippen molar-refractivity contribution in [3.63, 3.8) is 0 Å². The average molecular weight is 297 g/mol. The number of aryl methyl sites for hydroxylation is 2. The van der Waals surface area contributed by atoms with E-state index >= 15 is 0 Å². The molecule has 2 heteroatoms. The van der Waals surface area contributed by atoms with Crippen LogP contribution in [0.4, 0.5) is 0 Å². The van der Waals surface area contributed by atoms with Gasteiger partial charge in [-0.3, -0.25) is 4.90 Å². The summed E-state index contributed by atoms with van der Waals surface area (Å²) in [7, 11) is 2.10. The highest BCUT2D eigenvalue weighted by Gasteiger charge is 2.16. The Morgan fingerprint density at radius 1 is 1.14 bits per heavy atom. The van der Waals surface area contributed by atoms with Crippen molar-refractivity contribution in [2.75, 3.05) is 13.6 Å². The number of aliphatic hydroxyl groups is 1. The van der Waals surface area contributed by atoms with Gasteiger partial charge in [-0.05, 0) is 66.6 Å². The summed E-state index contributed by atoms with van der Waals surface area (Å²) in [4.78, 5) is 2.24. The largest absolute Gasteiger partial charge is 0.392 e. The first kappa shape index (κ1) is 15.5. The summed E-state index contributed by atoms with van der Waals surface area (Å²) in [5.74, 6) is 0. The Labute approximate surface area is 133 Å². The quantitative estimate of drug-likeness (QED) is 0.904. The van der Waals surface area contributed by atoms with Crippen molar-refractivity contribution in [3.8, 4) is 0 Å². The van der Waals surface area contributed by atoms with Gasteiger partial charge in [-0.25, -0.2) is 0 Å². The van der Waals surface area contributed by atoms with Crippen LogP contribution in [0.3, 0.4) is 0 Å². The minimum Gasteiger partial charge on any atom is -0.392 e. The second kappa shape index (κ2) is 6.80. The molecule has 0 saturated carbocycles. The van der Waals surface area contributed by atoms with Gasteiger partial charge < -0.3 is 5.11 Å². The lowest BCUT2D eigenvalue weighted by molar-refractivity contribution is 0.119. The van der Waals surface area contributed by atoms with Crippen LogP contribution >= 0.6 is 0 Å². The van der Waals surface area contributed by atoms with E-state index in [1.807, 2.05) is 6.92 Å². The van der Waals surface area contributed by atoms with Crippen molar-refractivity contribution in [3.05, 3.63) is 47.0 Å². The molecular formula is C20H27NO. The Bertz CT molecular complexity index is 649. The molecule has 0 fully saturated rings. The number of rotatable bonds is 5. The third-order valence-electron chi connectivity index (χ3n) is 4.89. The number of likely N-dealkylation sites (N-methyl/N-ethyl adjacent to an activating group) is 1. The average Bonchev–Trinajstić information content (AvgIpc) is 2.55. The van der Waals surface area contributed by atoms with Crippen LogP contribution in [0, 0.1) is 0 Å². The van der Waals surface area contributed by atoms with E-state index in [9.17, 15) is 5.11 Å². The summed E-state index contributed by atoms with van der Waals surface area (Å²) in [6, 6.07) is 11.3. The fraction of sp³-hybridized carbons (Fsp3) is 0.500. The van der Waals surface area contributed by atoms with Gasteiger partial charge in [-0.15, -0.1) is 0 Å². The highest BCUT2D eigenvalue weighted by Crippen LogP contribution is 2.32. The molecule has 0 aliphatic heterocycles. The predicted octanol–water partition coefficient (Wildman–Crippen LogP) is 3.92. The summed E-state index contributed by atoms with van der Waals surface area (Å²) in [6.07, 6.45) is 5.66. The lowest BCUT2D eigenvalue weighted by Gasteiger charge is -2.24. The van der Waals surface area contributed by atoms with Crippen LogP contribution in [0.1, 0.15) is 42.9 Å². The molecule has 0 heterocycles. The van der Waals surface area contributed by atoms with Gasteiger partial charge in [0.2, 0.25) is 0 Å². The second-order valence-electron chi connectivity index (χ2n) is 6.68. The first-order valence-electron chi connectivity index (χ1n) is 8.58. The SMILES string of the molecule is CC[C@H](O)CN(C)Cc1cc2c(c3ccccc13)CCCC2. The molecule has 1 atom stereocenters. The fourth-order valence-corrected chi connectivity index (χ4v) is 3.68. The van der Waals surface area contributed by atoms with Crippen LogP contribution in [0.25, 0.3) is 10.8 Å². The van der Waals surface area contributed by atoms with Crippen LogP contribution in [0.15, 0.2) is 30.3 Å². The zero-order valence-corrected chi connectivity index (χ0v) is 13.8. The smallest absolute Gasteiger partial charge is 0.0664 e. The van der Waals surface area contributed by atoms with Crippen molar-refractivity contribution >= 4 is 10.8 Å². The third kappa shape index (κ3) is 3.18. The molecule has 0 amide bonds. The van der Waals surface area contributed by atoms with Crippen LogP contribution in [0.2, 0.25) is 0 Å². The van der Waals surface area contributed by atoms with E-state index in [1.54, 1.807) is 11.1 Å². The van der Waals surface area contributed by atoms with Crippen LogP contribution < -0.4 is 0 Å². The van der Waals surface area contributed by atoms with Gasteiger partial charge in [0.25, 0.3) is 0 Å². The molecule has 3 rings (SSSR count). The van der Waals surface area contributed by atoms with E-state index in [0.29, 0.717) is 0 Å². The molecule has 22 heavy (non-hydrogen) atoms. The van der Waals surface area contributed by atoms with Crippen molar-refractivity contribution in [2.45, 2.75) is 51.7 Å². The fourth-order valence-electron chi connectivity index (χ4n) is 3.68. The van der Waals surface area contributed by atoms with Gasteiger partial charge >= 0.3 is 0 Å². The normalized spacial score (nSPS) is 16.0. The topological polar surface area (TPSA) is 23.5 Å². The Balaban J connectivity index is 1.95. The standard InChI is InChI=1S/C20H27NO/c1-3-17(22)14-21(2)13-16-12-15-8-4-5-9-18(15)20-11-7-6-10-19(16)20/h6-7,10-12,17,22H,3-5,8-9,13-14H2,1-2H3/t17-/m0/s1. The van der Waals surface area contributed by atoms with Crippen LogP contribution in [0.5, 0.6) is 0 Å². The highest BCUT2D eigenvalue weighted by atomic mass is 16.3. The Kier molecular flexibility index (Phi) is 4.80. The second-order valence-corrected chi connectivity index (χ2v) is 6.68. The first-order valence-corrected chi connectivity index (χ1v) is 8.58. The molecule has 0 aromatic heterocycles. The molecule has 0 unspecified atom stereocenters. The number of fused-ring (bicyclic) bond motifs is 3. The lowest BCUT2D eigenvalue weighted by atomic mass is 9.85. The molecule has 0 saturated heterocycles. The van der Waals surface area contributed by atoms with Gasteiger partial charge in [0.15, 0.2) is 0 Å². The number of hydrogen-bond donors (Lipinski definition) is 1. The predicted molar refractivity (Wildman–Crippen MR) is 93.2 cm³/mol. The zero-order chi connectivity index (χ0) is 15.5. The van der Waals surface area contributed by atoms with E-state index in [-0.39, 0.29) is 6.10 Å². The summed E-state index contributed by atoms with van der Waals surface area (Å²) in [5.41, 5.74) is 4.52. The molecular weight excluding hydrogens is 270 g/mol. The maximum Gasteiger partial charge on any atom is 0.0664 e. The molecule has 1 aliphatic carbocycles. The lowest BCUT2D eigenvalue weighted by Crippen LogP contribution is -2.28. The molecule has 1 aliphatic rings. The van der Waals surface area contributed by atoms with Crippen molar-refractivity contribution in [1.29, 1.82) is 0 Å². The molecule has 2 aromatic rings. The summed E-state index contributed by atoms with van der Waals surface area (Å²) < 4.78 is 0. The number of aliphatic hydroxyl groups excluding tert-OH is 1. The Morgan fingerprint density at radius 2 is 1.86 bits per heavy atom. The first-order chi connectivity index (χ1) is 10.7. The molecule has 0 bridgehead atoms. The maximum absolute atomic E-state index is 9.87. The Hall–Kier alpha value is -1.38. The number of benzene rings is 2. The summed E-state index contributed by atoms with van der Waals surface area (Å²) in [5, 5.41) is 12.7. The molecule has 118 valence electrons. The zero-order valence-electron chi connectivity index (χ0n) is 13.8. The van der Waals surface area contributed by atoms with E-state index in [1.165, 1.54) is 42.0 Å². The summed E-state index contributed by atoms with van der Waals surface area (Å²) >= 11 is 0. The maximum atomic E-state index is 9.87. The van der Waals surface area contributed by atoms with Crippen LogP contribution in [-0.2, 0) is 19.4 Å². The minimum atomic E-state index is -0.228. The van der Waals surface area contributed by atoms with Gasteiger partial charge in [-0.2, -0.15) is 0 Å². The monoisotopic (exact) mass is 297 g/mol. The van der Waals surface area contributed by atoms with Crippen molar-refractivity contribution in [2.24, 2.45) is 0 Å². The molecule has 0 spiro atoms. The van der Waals surface area contributed by atoms with E-state index in [2.05, 4.69) is 42.3 Å². The van der Waals surface area contributed by atoms with E-state index in [0.717, 1.165) is 19.5 Å². The van der Waals surface area contributed by atoms with Crippen molar-refractivity contribution in [1.82, 2.24) is 4.90 Å². The molecule has 2 nitrogen and oxygen atoms in total. The van der Waals surface area contributed by atoms with Gasteiger partial charge in [0.1, 0.15) is 0 Å². The highest BCUT2D eigenvalue weighted by molar-refractivity contribution is 5.90. The third-order valence-corrected chi connectivity index (χ3v) is 4.89. The van der Waals surface area contributed by atoms with Crippen molar-refractivity contribution < 1.29 is 5.11 Å². The van der Waals surface area contributed by atoms with E-state index < -0.39 is 0 Å². The number of nitrogens with zero attached hydrogens (tertiary/aromatic N) is 1. The molecule has 2 aromatic carbocycles. The van der Waals surface area contributed by atoms with Crippen LogP contribution in [-0.4, -0.2) is 29.7 Å². The number of hydrogen-bond acceptors (Lipinski definition) is 2. The van der Waals surface area contributed by atoms with Gasteiger partial charge in [0.05, 0.1) is 6.10 Å². The minimum absolute atomic E-state index is 0.228. The molecule has 0 radical (unpaired) electrons. The van der Waals surface area contributed by atoms with E-state index in [4.69, 9.17) is 0 Å². The Morgan fingerprint density at radius 3 is 2.64 bits per heavy atom.